The van der Waals surface area contributed by atoms with Crippen LogP contribution in [0, 0.1) is 6.92 Å². The molecule has 0 saturated carbocycles. The number of Topliss-reactive ketones (excluding diaryl/α,β-unsaturated/α-hetero) is 1. The zero-order valence-corrected chi connectivity index (χ0v) is 14.4. The van der Waals surface area contributed by atoms with Crippen LogP contribution in [0.2, 0.25) is 0 Å². The fourth-order valence-electron chi connectivity index (χ4n) is 2.66. The summed E-state index contributed by atoms with van der Waals surface area (Å²) in [4.78, 5) is 26.1. The number of hydrogen-bond donors (Lipinski definition) is 0. The number of aryl methyl sites for hydroxylation is 1. The molecule has 1 aliphatic rings. The summed E-state index contributed by atoms with van der Waals surface area (Å²) in [6, 6.07) is 8.82. The average molecular weight is 343 g/mol. The van der Waals surface area contributed by atoms with E-state index in [4.69, 9.17) is 13.9 Å². The number of amides is 1. The maximum absolute atomic E-state index is 12.3. The fraction of sp³-hybridized carbons (Fsp3) is 0.368. The maximum atomic E-state index is 12.3. The predicted octanol–water partition coefficient (Wildman–Crippen LogP) is 2.98. The lowest BCUT2D eigenvalue weighted by molar-refractivity contribution is -0.130. The fourth-order valence-corrected chi connectivity index (χ4v) is 2.66. The topological polar surface area (TPSA) is 69.0 Å². The number of carbonyl (C=O) groups is 2. The van der Waals surface area contributed by atoms with Crippen LogP contribution in [0.25, 0.3) is 0 Å². The number of furan rings is 1. The first-order valence-corrected chi connectivity index (χ1v) is 8.25. The number of ketones is 1. The van der Waals surface area contributed by atoms with Crippen molar-refractivity contribution in [1.29, 1.82) is 0 Å². The number of carbonyl (C=O) groups excluding carboxylic acids is 2. The van der Waals surface area contributed by atoms with Gasteiger partial charge in [-0.25, -0.2) is 0 Å². The highest BCUT2D eigenvalue weighted by molar-refractivity contribution is 5.98. The molecule has 0 radical (unpaired) electrons. The van der Waals surface area contributed by atoms with Gasteiger partial charge in [0.05, 0.1) is 6.54 Å². The van der Waals surface area contributed by atoms with Crippen LogP contribution in [-0.4, -0.2) is 36.9 Å². The van der Waals surface area contributed by atoms with E-state index < -0.39 is 0 Å². The van der Waals surface area contributed by atoms with Crippen LogP contribution < -0.4 is 9.47 Å². The molecule has 0 aliphatic carbocycles. The summed E-state index contributed by atoms with van der Waals surface area (Å²) < 4.78 is 16.4. The van der Waals surface area contributed by atoms with Gasteiger partial charge in [0, 0.05) is 25.5 Å². The Labute approximate surface area is 146 Å². The number of nitrogens with zero attached hydrogens (tertiary/aromatic N) is 1. The molecule has 2 aromatic rings. The Kier molecular flexibility index (Phi) is 5.07. The minimum atomic E-state index is -0.0973. The Morgan fingerprint density at radius 3 is 2.52 bits per heavy atom. The first-order valence-electron chi connectivity index (χ1n) is 8.25. The molecule has 1 amide bonds. The number of ether oxygens (including phenoxy) is 2. The standard InChI is InChI=1S/C19H21NO5/c1-13-3-5-15(25-13)12-20(2)19(22)8-6-16(21)14-4-7-17-18(11-14)24-10-9-23-17/h3-5,7,11H,6,8-10,12H2,1-2H3. The number of benzene rings is 1. The van der Waals surface area contributed by atoms with Crippen LogP contribution in [0.4, 0.5) is 0 Å². The van der Waals surface area contributed by atoms with Crippen molar-refractivity contribution in [3.8, 4) is 11.5 Å². The quantitative estimate of drug-likeness (QED) is 0.754. The van der Waals surface area contributed by atoms with Gasteiger partial charge in [0.25, 0.3) is 0 Å². The van der Waals surface area contributed by atoms with E-state index in [1.807, 2.05) is 19.1 Å². The van der Waals surface area contributed by atoms with Gasteiger partial charge in [-0.2, -0.15) is 0 Å². The van der Waals surface area contributed by atoms with Gasteiger partial charge in [0.2, 0.25) is 5.91 Å². The third-order valence-electron chi connectivity index (χ3n) is 4.04. The lowest BCUT2D eigenvalue weighted by Crippen LogP contribution is -2.26. The first-order chi connectivity index (χ1) is 12.0. The van der Waals surface area contributed by atoms with Crippen molar-refractivity contribution in [2.45, 2.75) is 26.3 Å². The molecule has 25 heavy (non-hydrogen) atoms. The van der Waals surface area contributed by atoms with E-state index in [1.165, 1.54) is 0 Å². The van der Waals surface area contributed by atoms with Crippen LogP contribution >= 0.6 is 0 Å². The lowest BCUT2D eigenvalue weighted by Gasteiger charge is -2.18. The van der Waals surface area contributed by atoms with E-state index in [0.717, 1.165) is 11.5 Å². The Balaban J connectivity index is 1.53. The SMILES string of the molecule is Cc1ccc(CN(C)C(=O)CCC(=O)c2ccc3c(c2)OCCO3)o1. The van der Waals surface area contributed by atoms with Gasteiger partial charge in [0.1, 0.15) is 24.7 Å². The molecule has 0 N–H and O–H groups in total. The van der Waals surface area contributed by atoms with E-state index in [0.29, 0.717) is 36.8 Å². The summed E-state index contributed by atoms with van der Waals surface area (Å²) in [5.74, 6) is 2.57. The Morgan fingerprint density at radius 1 is 1.04 bits per heavy atom. The molecule has 6 nitrogen and oxygen atoms in total. The monoisotopic (exact) mass is 343 g/mol. The lowest BCUT2D eigenvalue weighted by atomic mass is 10.1. The summed E-state index contributed by atoms with van der Waals surface area (Å²) in [6.45, 7) is 3.23. The Morgan fingerprint density at radius 2 is 1.80 bits per heavy atom. The summed E-state index contributed by atoms with van der Waals surface area (Å²) in [5.41, 5.74) is 0.529. The number of fused-ring (bicyclic) bond motifs is 1. The highest BCUT2D eigenvalue weighted by atomic mass is 16.6. The third-order valence-corrected chi connectivity index (χ3v) is 4.04. The molecule has 0 unspecified atom stereocenters. The van der Waals surface area contributed by atoms with Crippen LogP contribution in [0.1, 0.15) is 34.7 Å². The molecule has 1 aliphatic heterocycles. The molecule has 132 valence electrons. The number of hydrogen-bond acceptors (Lipinski definition) is 5. The van der Waals surface area contributed by atoms with E-state index in [9.17, 15) is 9.59 Å². The largest absolute Gasteiger partial charge is 0.486 e. The molecule has 1 aromatic heterocycles. The van der Waals surface area contributed by atoms with Crippen molar-refractivity contribution in [3.63, 3.8) is 0 Å². The van der Waals surface area contributed by atoms with Crippen LogP contribution in [0.5, 0.6) is 11.5 Å². The van der Waals surface area contributed by atoms with Gasteiger partial charge < -0.3 is 18.8 Å². The molecule has 6 heteroatoms. The van der Waals surface area contributed by atoms with Gasteiger partial charge in [-0.05, 0) is 37.3 Å². The minimum Gasteiger partial charge on any atom is -0.486 e. The van der Waals surface area contributed by atoms with Crippen LogP contribution in [0.3, 0.4) is 0 Å². The van der Waals surface area contributed by atoms with E-state index in [-0.39, 0.29) is 24.5 Å². The first kappa shape index (κ1) is 17.1. The van der Waals surface area contributed by atoms with Gasteiger partial charge in [-0.15, -0.1) is 0 Å². The summed E-state index contributed by atoms with van der Waals surface area (Å²) >= 11 is 0. The van der Waals surface area contributed by atoms with E-state index in [1.54, 1.807) is 30.1 Å². The second kappa shape index (κ2) is 7.42. The number of rotatable bonds is 6. The molecule has 0 fully saturated rings. The minimum absolute atomic E-state index is 0.0902. The molecular weight excluding hydrogens is 322 g/mol. The molecule has 0 atom stereocenters. The molecule has 3 rings (SSSR count). The Hall–Kier alpha value is -2.76. The van der Waals surface area contributed by atoms with Crippen molar-refractivity contribution in [3.05, 3.63) is 47.4 Å². The van der Waals surface area contributed by atoms with Crippen molar-refractivity contribution in [1.82, 2.24) is 4.90 Å². The van der Waals surface area contributed by atoms with Gasteiger partial charge in [0.15, 0.2) is 17.3 Å². The molecule has 0 saturated heterocycles. The molecular formula is C19H21NO5. The highest BCUT2D eigenvalue weighted by Gasteiger charge is 2.17. The third kappa shape index (κ3) is 4.21. The molecule has 2 heterocycles. The van der Waals surface area contributed by atoms with Crippen molar-refractivity contribution in [2.75, 3.05) is 20.3 Å². The average Bonchev–Trinajstić information content (AvgIpc) is 3.03. The summed E-state index contributed by atoms with van der Waals surface area (Å²) in [5, 5.41) is 0. The Bertz CT molecular complexity index is 780. The maximum Gasteiger partial charge on any atom is 0.223 e. The van der Waals surface area contributed by atoms with Crippen LogP contribution in [0.15, 0.2) is 34.7 Å². The summed E-state index contributed by atoms with van der Waals surface area (Å²) in [6.07, 6.45) is 0.309. The summed E-state index contributed by atoms with van der Waals surface area (Å²) in [7, 11) is 1.70. The van der Waals surface area contributed by atoms with Crippen molar-refractivity contribution in [2.24, 2.45) is 0 Å². The van der Waals surface area contributed by atoms with Crippen LogP contribution in [-0.2, 0) is 11.3 Å². The van der Waals surface area contributed by atoms with E-state index >= 15 is 0 Å². The zero-order chi connectivity index (χ0) is 17.8. The molecule has 1 aromatic carbocycles. The highest BCUT2D eigenvalue weighted by Crippen LogP contribution is 2.31. The van der Waals surface area contributed by atoms with Crippen molar-refractivity contribution >= 4 is 11.7 Å². The molecule has 0 bridgehead atoms. The molecule has 0 spiro atoms. The van der Waals surface area contributed by atoms with Crippen molar-refractivity contribution < 1.29 is 23.5 Å². The normalized spacial score (nSPS) is 12.7. The van der Waals surface area contributed by atoms with E-state index in [2.05, 4.69) is 0 Å². The smallest absolute Gasteiger partial charge is 0.223 e. The van der Waals surface area contributed by atoms with Gasteiger partial charge >= 0.3 is 0 Å². The second-order valence-corrected chi connectivity index (χ2v) is 6.04. The predicted molar refractivity (Wildman–Crippen MR) is 90.9 cm³/mol. The van der Waals surface area contributed by atoms with Gasteiger partial charge in [-0.3, -0.25) is 9.59 Å². The zero-order valence-electron chi connectivity index (χ0n) is 14.4. The van der Waals surface area contributed by atoms with Gasteiger partial charge in [-0.1, -0.05) is 0 Å². The second-order valence-electron chi connectivity index (χ2n) is 6.04.